The fourth-order valence-corrected chi connectivity index (χ4v) is 4.73. The minimum absolute atomic E-state index is 0.0782. The summed E-state index contributed by atoms with van der Waals surface area (Å²) in [5, 5.41) is 0. The Morgan fingerprint density at radius 2 is 1.45 bits per heavy atom. The number of ketones is 1. The summed E-state index contributed by atoms with van der Waals surface area (Å²) < 4.78 is 0. The van der Waals surface area contributed by atoms with Crippen molar-refractivity contribution in [3.8, 4) is 0 Å². The number of carbonyl (C=O) groups is 1. The molecule has 1 saturated heterocycles. The van der Waals surface area contributed by atoms with Crippen LogP contribution in [0.3, 0.4) is 0 Å². The fourth-order valence-electron chi connectivity index (χ4n) is 4.73. The van der Waals surface area contributed by atoms with Crippen LogP contribution in [0, 0.1) is 16.2 Å². The van der Waals surface area contributed by atoms with Crippen molar-refractivity contribution in [1.82, 2.24) is 4.90 Å². The average molecular weight is 310 g/mol. The third kappa shape index (κ3) is 3.93. The average Bonchev–Trinajstić information content (AvgIpc) is 2.67. The Morgan fingerprint density at radius 3 is 1.77 bits per heavy atom. The van der Waals surface area contributed by atoms with Gasteiger partial charge in [0.2, 0.25) is 0 Å². The van der Waals surface area contributed by atoms with Gasteiger partial charge in [0, 0.05) is 17.5 Å². The number of nitrogens with zero attached hydrogens (tertiary/aromatic N) is 1. The Balaban J connectivity index is 0.00000116. The van der Waals surface area contributed by atoms with Crippen molar-refractivity contribution in [3.05, 3.63) is 0 Å². The molecule has 0 aromatic heterocycles. The molecule has 2 heteroatoms. The van der Waals surface area contributed by atoms with Gasteiger partial charge in [-0.05, 0) is 50.9 Å². The maximum atomic E-state index is 12.9. The number of hydrogen-bond acceptors (Lipinski definition) is 2. The van der Waals surface area contributed by atoms with Crippen molar-refractivity contribution in [3.63, 3.8) is 0 Å². The van der Waals surface area contributed by atoms with E-state index in [0.29, 0.717) is 16.6 Å². The van der Waals surface area contributed by atoms with Gasteiger partial charge >= 0.3 is 0 Å². The Labute approximate surface area is 139 Å². The first kappa shape index (κ1) is 19.7. The van der Waals surface area contributed by atoms with Gasteiger partial charge in [-0.3, -0.25) is 9.69 Å². The van der Waals surface area contributed by atoms with Crippen LogP contribution in [0.25, 0.3) is 0 Å². The van der Waals surface area contributed by atoms with Gasteiger partial charge in [0.1, 0.15) is 0 Å². The first-order valence-electron chi connectivity index (χ1n) is 9.07. The standard InChI is InChI=1S/C18H33NO.C2H6/c1-15(2,3)14(20)13-9-18(10-17(7,8)11-18)12-19(13)16(4,5)6;1-2/h13H,9-12H2,1-8H3;1-2H3. The maximum absolute atomic E-state index is 12.9. The van der Waals surface area contributed by atoms with Crippen LogP contribution in [-0.4, -0.2) is 28.8 Å². The summed E-state index contributed by atoms with van der Waals surface area (Å²) in [6, 6.07) is 0.117. The predicted octanol–water partition coefficient (Wildman–Crippen LogP) is 5.31. The molecule has 0 bridgehead atoms. The van der Waals surface area contributed by atoms with Crippen LogP contribution < -0.4 is 0 Å². The van der Waals surface area contributed by atoms with Gasteiger partial charge in [-0.15, -0.1) is 0 Å². The zero-order valence-electron chi connectivity index (χ0n) is 16.8. The Morgan fingerprint density at radius 1 is 1.00 bits per heavy atom. The zero-order valence-corrected chi connectivity index (χ0v) is 16.8. The second kappa shape index (κ2) is 5.92. The van der Waals surface area contributed by atoms with Gasteiger partial charge in [0.25, 0.3) is 0 Å². The third-order valence-electron chi connectivity index (χ3n) is 5.12. The molecule has 1 saturated carbocycles. The first-order valence-corrected chi connectivity index (χ1v) is 9.07. The second-order valence-corrected chi connectivity index (χ2v) is 10.2. The summed E-state index contributed by atoms with van der Waals surface area (Å²) in [4.78, 5) is 15.4. The lowest BCUT2D eigenvalue weighted by Crippen LogP contribution is -2.51. The van der Waals surface area contributed by atoms with Gasteiger partial charge in [-0.2, -0.15) is 0 Å². The smallest absolute Gasteiger partial charge is 0.155 e. The van der Waals surface area contributed by atoms with E-state index in [0.717, 1.165) is 13.0 Å². The Hall–Kier alpha value is -0.370. The van der Waals surface area contributed by atoms with Crippen LogP contribution in [0.1, 0.15) is 88.5 Å². The van der Waals surface area contributed by atoms with E-state index in [-0.39, 0.29) is 17.0 Å². The molecule has 2 nitrogen and oxygen atoms in total. The van der Waals surface area contributed by atoms with Crippen LogP contribution in [-0.2, 0) is 4.79 Å². The van der Waals surface area contributed by atoms with E-state index in [1.165, 1.54) is 12.8 Å². The summed E-state index contributed by atoms with van der Waals surface area (Å²) in [7, 11) is 0. The fraction of sp³-hybridized carbons (Fsp3) is 0.950. The molecule has 2 rings (SSSR count). The van der Waals surface area contributed by atoms with E-state index in [4.69, 9.17) is 0 Å². The van der Waals surface area contributed by atoms with Crippen molar-refractivity contribution >= 4 is 5.78 Å². The van der Waals surface area contributed by atoms with E-state index >= 15 is 0 Å². The lowest BCUT2D eigenvalue weighted by Gasteiger charge is -2.52. The molecule has 2 fully saturated rings. The van der Waals surface area contributed by atoms with Crippen LogP contribution >= 0.6 is 0 Å². The van der Waals surface area contributed by atoms with E-state index < -0.39 is 0 Å². The van der Waals surface area contributed by atoms with Crippen LogP contribution in [0.5, 0.6) is 0 Å². The lowest BCUT2D eigenvalue weighted by molar-refractivity contribution is -0.132. The van der Waals surface area contributed by atoms with E-state index in [1.807, 2.05) is 13.8 Å². The van der Waals surface area contributed by atoms with Crippen LogP contribution in [0.2, 0.25) is 0 Å². The minimum Gasteiger partial charge on any atom is -0.297 e. The van der Waals surface area contributed by atoms with E-state index in [9.17, 15) is 4.79 Å². The molecule has 22 heavy (non-hydrogen) atoms. The number of rotatable bonds is 1. The van der Waals surface area contributed by atoms with Gasteiger partial charge in [0.05, 0.1) is 6.04 Å². The molecule has 130 valence electrons. The first-order chi connectivity index (χ1) is 9.76. The van der Waals surface area contributed by atoms with Crippen LogP contribution in [0.15, 0.2) is 0 Å². The lowest BCUT2D eigenvalue weighted by atomic mass is 9.53. The molecular formula is C20H39NO. The largest absolute Gasteiger partial charge is 0.297 e. The molecule has 0 N–H and O–H groups in total. The molecule has 1 aliphatic heterocycles. The molecule has 0 aromatic carbocycles. The highest BCUT2D eigenvalue weighted by Crippen LogP contribution is 2.60. The summed E-state index contributed by atoms with van der Waals surface area (Å²) >= 11 is 0. The second-order valence-electron chi connectivity index (χ2n) is 10.2. The minimum atomic E-state index is -0.237. The quantitative estimate of drug-likeness (QED) is 0.654. The number of Topliss-reactive ketones (excluding diaryl/α,β-unsaturated/α-hetero) is 1. The van der Waals surface area contributed by atoms with Gasteiger partial charge in [-0.25, -0.2) is 0 Å². The van der Waals surface area contributed by atoms with Crippen molar-refractivity contribution < 1.29 is 4.79 Å². The molecular weight excluding hydrogens is 270 g/mol. The number of hydrogen-bond donors (Lipinski definition) is 0. The number of likely N-dealkylation sites (tertiary alicyclic amines) is 1. The molecule has 2 aliphatic rings. The molecule has 0 amide bonds. The maximum Gasteiger partial charge on any atom is 0.155 e. The molecule has 1 unspecified atom stereocenters. The highest BCUT2D eigenvalue weighted by atomic mass is 16.1. The number of carbonyl (C=O) groups excluding carboxylic acids is 1. The summed E-state index contributed by atoms with van der Waals surface area (Å²) in [5.74, 6) is 0.425. The SMILES string of the molecule is CC.CC1(C)CC2(CC(C(=O)C(C)(C)C)N(C(C)(C)C)C2)C1. The highest BCUT2D eigenvalue weighted by molar-refractivity contribution is 5.89. The Bertz CT molecular complexity index is 400. The van der Waals surface area contributed by atoms with Gasteiger partial charge in [0.15, 0.2) is 5.78 Å². The molecule has 1 heterocycles. The van der Waals surface area contributed by atoms with Gasteiger partial charge < -0.3 is 0 Å². The topological polar surface area (TPSA) is 20.3 Å². The molecule has 1 atom stereocenters. The normalized spacial score (nSPS) is 27.1. The molecule has 0 aromatic rings. The summed E-state index contributed by atoms with van der Waals surface area (Å²) in [5.41, 5.74) is 0.722. The predicted molar refractivity (Wildman–Crippen MR) is 96.1 cm³/mol. The van der Waals surface area contributed by atoms with E-state index in [2.05, 4.69) is 60.3 Å². The van der Waals surface area contributed by atoms with Crippen molar-refractivity contribution in [2.24, 2.45) is 16.2 Å². The molecule has 1 aliphatic carbocycles. The van der Waals surface area contributed by atoms with E-state index in [1.54, 1.807) is 0 Å². The van der Waals surface area contributed by atoms with Crippen molar-refractivity contribution in [2.75, 3.05) is 6.54 Å². The zero-order chi connectivity index (χ0) is 17.6. The highest BCUT2D eigenvalue weighted by Gasteiger charge is 2.58. The third-order valence-corrected chi connectivity index (χ3v) is 5.12. The summed E-state index contributed by atoms with van der Waals surface area (Å²) in [6.07, 6.45) is 3.63. The monoisotopic (exact) mass is 309 g/mol. The Kier molecular flexibility index (Phi) is 5.30. The van der Waals surface area contributed by atoms with Crippen molar-refractivity contribution in [2.45, 2.75) is 100 Å². The van der Waals surface area contributed by atoms with Crippen LogP contribution in [0.4, 0.5) is 0 Å². The summed E-state index contributed by atoms with van der Waals surface area (Å²) in [6.45, 7) is 22.8. The molecule has 1 spiro atoms. The van der Waals surface area contributed by atoms with Gasteiger partial charge in [-0.1, -0.05) is 48.5 Å². The molecule has 0 radical (unpaired) electrons. The van der Waals surface area contributed by atoms with Crippen molar-refractivity contribution in [1.29, 1.82) is 0 Å².